The van der Waals surface area contributed by atoms with Gasteiger partial charge >= 0.3 is 6.18 Å². The predicted octanol–water partition coefficient (Wildman–Crippen LogP) is 5.57. The molecule has 0 aliphatic carbocycles. The summed E-state index contributed by atoms with van der Waals surface area (Å²) in [5, 5.41) is 0. The van der Waals surface area contributed by atoms with Gasteiger partial charge in [-0.05, 0) is 53.5 Å². The molecule has 0 bridgehead atoms. The van der Waals surface area contributed by atoms with Gasteiger partial charge in [0, 0.05) is 13.1 Å². The van der Waals surface area contributed by atoms with E-state index in [9.17, 15) is 21.6 Å². The van der Waals surface area contributed by atoms with Gasteiger partial charge in [0.05, 0.1) is 10.5 Å². The van der Waals surface area contributed by atoms with Crippen LogP contribution in [0.1, 0.15) is 56.2 Å². The maximum absolute atomic E-state index is 13.3. The number of piperidine rings is 1. The second-order valence-corrected chi connectivity index (χ2v) is 10.5. The first kappa shape index (κ1) is 21.8. The van der Waals surface area contributed by atoms with Gasteiger partial charge in [-0.3, -0.25) is 0 Å². The Bertz CT molecular complexity index is 953. The molecule has 1 fully saturated rings. The van der Waals surface area contributed by atoms with Gasteiger partial charge in [0.15, 0.2) is 0 Å². The normalized spacial score (nSPS) is 17.4. The van der Waals surface area contributed by atoms with E-state index in [1.165, 1.54) is 16.4 Å². The zero-order valence-electron chi connectivity index (χ0n) is 16.8. The Balaban J connectivity index is 1.76. The Hall–Kier alpha value is -1.86. The van der Waals surface area contributed by atoms with Gasteiger partial charge < -0.3 is 0 Å². The summed E-state index contributed by atoms with van der Waals surface area (Å²) in [5.74, 6) is -0.303. The summed E-state index contributed by atoms with van der Waals surface area (Å²) in [4.78, 5) is 0.222. The lowest BCUT2D eigenvalue weighted by atomic mass is 9.87. The highest BCUT2D eigenvalue weighted by atomic mass is 32.2. The molecule has 2 aromatic carbocycles. The summed E-state index contributed by atoms with van der Waals surface area (Å²) in [6, 6.07) is 12.4. The van der Waals surface area contributed by atoms with Crippen LogP contribution in [0.3, 0.4) is 0 Å². The van der Waals surface area contributed by atoms with E-state index in [4.69, 9.17) is 0 Å². The van der Waals surface area contributed by atoms with Crippen LogP contribution in [0.4, 0.5) is 13.2 Å². The Kier molecular flexibility index (Phi) is 5.84. The summed E-state index contributed by atoms with van der Waals surface area (Å²) in [5.41, 5.74) is 0.594. The van der Waals surface area contributed by atoms with Crippen molar-refractivity contribution in [3.05, 3.63) is 65.2 Å². The fourth-order valence-electron chi connectivity index (χ4n) is 3.79. The van der Waals surface area contributed by atoms with E-state index < -0.39 is 21.8 Å². The second-order valence-electron chi connectivity index (χ2n) is 8.54. The molecule has 0 spiro atoms. The topological polar surface area (TPSA) is 37.4 Å². The molecule has 29 heavy (non-hydrogen) atoms. The van der Waals surface area contributed by atoms with Crippen LogP contribution in [0.15, 0.2) is 53.4 Å². The second kappa shape index (κ2) is 7.76. The third-order valence-electron chi connectivity index (χ3n) is 5.52. The predicted molar refractivity (Wildman–Crippen MR) is 107 cm³/mol. The van der Waals surface area contributed by atoms with Crippen LogP contribution < -0.4 is 0 Å². The molecule has 0 radical (unpaired) electrons. The van der Waals surface area contributed by atoms with Crippen molar-refractivity contribution in [3.8, 4) is 0 Å². The molecular weight excluding hydrogens is 399 g/mol. The van der Waals surface area contributed by atoms with E-state index >= 15 is 0 Å². The summed E-state index contributed by atoms with van der Waals surface area (Å²) < 4.78 is 67.2. The molecule has 158 valence electrons. The van der Waals surface area contributed by atoms with E-state index in [-0.39, 0.29) is 34.9 Å². The lowest BCUT2D eigenvalue weighted by molar-refractivity contribution is -0.138. The van der Waals surface area contributed by atoms with Crippen molar-refractivity contribution in [2.45, 2.75) is 56.0 Å². The highest BCUT2D eigenvalue weighted by Crippen LogP contribution is 2.39. The summed E-state index contributed by atoms with van der Waals surface area (Å²) in [6.45, 7) is 6.58. The Morgan fingerprint density at radius 2 is 1.45 bits per heavy atom. The van der Waals surface area contributed by atoms with Gasteiger partial charge in [0.2, 0.25) is 10.0 Å². The van der Waals surface area contributed by atoms with Crippen molar-refractivity contribution in [2.75, 3.05) is 13.1 Å². The minimum absolute atomic E-state index is 0.0769. The molecule has 0 unspecified atom stereocenters. The quantitative estimate of drug-likeness (QED) is 0.645. The first-order valence-electron chi connectivity index (χ1n) is 9.67. The first-order chi connectivity index (χ1) is 13.4. The van der Waals surface area contributed by atoms with Crippen LogP contribution in [0.25, 0.3) is 0 Å². The van der Waals surface area contributed by atoms with Crippen LogP contribution in [-0.2, 0) is 21.6 Å². The van der Waals surface area contributed by atoms with E-state index in [2.05, 4.69) is 20.8 Å². The molecule has 0 saturated carbocycles. The molecule has 0 aromatic heterocycles. The molecule has 0 amide bonds. The number of sulfonamides is 1. The van der Waals surface area contributed by atoms with Crippen LogP contribution in [0, 0.1) is 0 Å². The lowest BCUT2D eigenvalue weighted by Gasteiger charge is -2.32. The zero-order chi connectivity index (χ0) is 21.4. The number of hydrogen-bond donors (Lipinski definition) is 0. The van der Waals surface area contributed by atoms with E-state index in [1.54, 1.807) is 18.2 Å². The fourth-order valence-corrected chi connectivity index (χ4v) is 5.26. The molecule has 1 heterocycles. The molecule has 0 atom stereocenters. The number of alkyl halides is 3. The molecule has 7 heteroatoms. The summed E-state index contributed by atoms with van der Waals surface area (Å²) >= 11 is 0. The van der Waals surface area contributed by atoms with Crippen LogP contribution in [0.5, 0.6) is 0 Å². The molecule has 0 N–H and O–H groups in total. The van der Waals surface area contributed by atoms with Crippen molar-refractivity contribution in [3.63, 3.8) is 0 Å². The molecule has 1 saturated heterocycles. The molecule has 3 nitrogen and oxygen atoms in total. The molecule has 3 rings (SSSR count). The average molecular weight is 426 g/mol. The summed E-state index contributed by atoms with van der Waals surface area (Å²) in [6.07, 6.45) is -3.67. The SMILES string of the molecule is CC(C)(C)c1ccc(S(=O)(=O)N2CCC(c3ccccc3C(F)(F)F)CC2)cc1. The number of halogens is 3. The van der Waals surface area contributed by atoms with Crippen molar-refractivity contribution in [1.82, 2.24) is 4.31 Å². The van der Waals surface area contributed by atoms with Gasteiger partial charge in [-0.1, -0.05) is 51.1 Å². The van der Waals surface area contributed by atoms with Crippen LogP contribution in [-0.4, -0.2) is 25.8 Å². The molecule has 1 aliphatic heterocycles. The van der Waals surface area contributed by atoms with E-state index in [1.807, 2.05) is 12.1 Å². The number of hydrogen-bond acceptors (Lipinski definition) is 2. The maximum atomic E-state index is 13.3. The molecular formula is C22H26F3NO2S. The molecule has 2 aromatic rings. The monoisotopic (exact) mass is 425 g/mol. The maximum Gasteiger partial charge on any atom is 0.416 e. The standard InChI is InChI=1S/C22H26F3NO2S/c1-21(2,3)17-8-10-18(11-9-17)29(27,28)26-14-12-16(13-15-26)19-6-4-5-7-20(19)22(23,24)25/h4-11,16H,12-15H2,1-3H3. The van der Waals surface area contributed by atoms with E-state index in [0.29, 0.717) is 12.8 Å². The van der Waals surface area contributed by atoms with Crippen molar-refractivity contribution in [2.24, 2.45) is 0 Å². The smallest absolute Gasteiger partial charge is 0.207 e. The minimum Gasteiger partial charge on any atom is -0.207 e. The van der Waals surface area contributed by atoms with Gasteiger partial charge in [-0.2, -0.15) is 17.5 Å². The fraction of sp³-hybridized carbons (Fsp3) is 0.455. The number of rotatable bonds is 3. The van der Waals surface area contributed by atoms with Gasteiger partial charge in [0.25, 0.3) is 0 Å². The minimum atomic E-state index is -4.41. The van der Waals surface area contributed by atoms with Crippen molar-refractivity contribution in [1.29, 1.82) is 0 Å². The zero-order valence-corrected chi connectivity index (χ0v) is 17.6. The highest BCUT2D eigenvalue weighted by molar-refractivity contribution is 7.89. The Labute approximate surface area is 170 Å². The van der Waals surface area contributed by atoms with Crippen molar-refractivity contribution >= 4 is 10.0 Å². The molecule has 1 aliphatic rings. The number of nitrogens with zero attached hydrogens (tertiary/aromatic N) is 1. The Morgan fingerprint density at radius 1 is 0.897 bits per heavy atom. The van der Waals surface area contributed by atoms with Crippen LogP contribution >= 0.6 is 0 Å². The van der Waals surface area contributed by atoms with E-state index in [0.717, 1.165) is 11.6 Å². The third kappa shape index (κ3) is 4.67. The Morgan fingerprint density at radius 3 is 1.97 bits per heavy atom. The van der Waals surface area contributed by atoms with Gasteiger partial charge in [-0.25, -0.2) is 8.42 Å². The van der Waals surface area contributed by atoms with Gasteiger partial charge in [0.1, 0.15) is 0 Å². The average Bonchev–Trinajstić information content (AvgIpc) is 2.67. The van der Waals surface area contributed by atoms with Crippen molar-refractivity contribution < 1.29 is 21.6 Å². The lowest BCUT2D eigenvalue weighted by Crippen LogP contribution is -2.38. The van der Waals surface area contributed by atoms with Gasteiger partial charge in [-0.15, -0.1) is 0 Å². The van der Waals surface area contributed by atoms with Crippen LogP contribution in [0.2, 0.25) is 0 Å². The third-order valence-corrected chi connectivity index (χ3v) is 7.43. The summed E-state index contributed by atoms with van der Waals surface area (Å²) in [7, 11) is -3.66. The largest absolute Gasteiger partial charge is 0.416 e. The first-order valence-corrected chi connectivity index (χ1v) is 11.1. The number of benzene rings is 2. The highest BCUT2D eigenvalue weighted by Gasteiger charge is 2.37.